The Balaban J connectivity index is 1.43. The Kier molecular flexibility index (Phi) is 12.3. The lowest BCUT2D eigenvalue weighted by Crippen LogP contribution is -2.51. The lowest BCUT2D eigenvalue weighted by molar-refractivity contribution is -0.142. The smallest absolute Gasteiger partial charge is 0.245 e. The molecule has 2 aromatic carbocycles. The maximum Gasteiger partial charge on any atom is 0.245 e. The van der Waals surface area contributed by atoms with Crippen molar-refractivity contribution in [1.82, 2.24) is 30.0 Å². The Labute approximate surface area is 296 Å². The maximum absolute atomic E-state index is 14.6. The fraction of sp³-hybridized carbons (Fsp3) is 0.368. The third kappa shape index (κ3) is 8.34. The Morgan fingerprint density at radius 3 is 2.58 bits per heavy atom. The topological polar surface area (TPSA) is 119 Å². The molecule has 1 aliphatic heterocycles. The second-order valence-electron chi connectivity index (χ2n) is 12.4. The molecule has 1 saturated heterocycles. The molecule has 2 atom stereocenters. The van der Waals surface area contributed by atoms with Gasteiger partial charge in [0.05, 0.1) is 16.6 Å². The number of likely N-dealkylation sites (tertiary alicyclic amines) is 1. The molecule has 1 N–H and O–H groups in total. The van der Waals surface area contributed by atoms with Crippen LogP contribution >= 0.6 is 11.6 Å². The fourth-order valence-electron chi connectivity index (χ4n) is 6.32. The first-order valence-corrected chi connectivity index (χ1v) is 17.2. The Morgan fingerprint density at radius 1 is 1.08 bits per heavy atom. The molecule has 262 valence electrons. The summed E-state index contributed by atoms with van der Waals surface area (Å²) in [6, 6.07) is 7.47. The van der Waals surface area contributed by atoms with E-state index in [2.05, 4.69) is 33.5 Å². The van der Waals surface area contributed by atoms with Crippen molar-refractivity contribution < 1.29 is 23.5 Å². The average Bonchev–Trinajstić information content (AvgIpc) is 3.69. The largest absolute Gasteiger partial charge is 0.375 e. The third-order valence-corrected chi connectivity index (χ3v) is 9.11. The van der Waals surface area contributed by atoms with E-state index >= 15 is 0 Å². The molecule has 0 aliphatic carbocycles. The van der Waals surface area contributed by atoms with E-state index in [-0.39, 0.29) is 47.6 Å². The van der Waals surface area contributed by atoms with Gasteiger partial charge in [0.2, 0.25) is 11.8 Å². The molecule has 5 rings (SSSR count). The minimum Gasteiger partial charge on any atom is -0.375 e. The SMILES string of the molecule is C=CCCCCCO[C@@H]1CCN(C(=O)Cn2nc(C(C)=O)c3cc(-c4cnc(C)nc4)cc(CC=C)c32)[C@@H]1C(=O)NCc1cccc(Cl)c1F. The molecular weight excluding hydrogens is 659 g/mol. The van der Waals surface area contributed by atoms with Crippen molar-refractivity contribution in [2.45, 2.75) is 77.6 Å². The number of Topliss-reactive ketones (excluding diaryl/α,β-unsaturated/α-hetero) is 1. The van der Waals surface area contributed by atoms with E-state index in [4.69, 9.17) is 16.3 Å². The summed E-state index contributed by atoms with van der Waals surface area (Å²) in [6.45, 7) is 11.3. The fourth-order valence-corrected chi connectivity index (χ4v) is 6.51. The van der Waals surface area contributed by atoms with Crippen LogP contribution < -0.4 is 5.32 Å². The molecule has 50 heavy (non-hydrogen) atoms. The van der Waals surface area contributed by atoms with Gasteiger partial charge in [-0.25, -0.2) is 14.4 Å². The summed E-state index contributed by atoms with van der Waals surface area (Å²) in [7, 11) is 0. The number of carbonyl (C=O) groups excluding carboxylic acids is 3. The highest BCUT2D eigenvalue weighted by Gasteiger charge is 2.42. The van der Waals surface area contributed by atoms with Crippen LogP contribution in [-0.2, 0) is 33.8 Å². The second kappa shape index (κ2) is 16.8. The summed E-state index contributed by atoms with van der Waals surface area (Å²) < 4.78 is 22.4. The van der Waals surface area contributed by atoms with Crippen LogP contribution in [0.4, 0.5) is 4.39 Å². The van der Waals surface area contributed by atoms with Gasteiger partial charge >= 0.3 is 0 Å². The molecule has 0 spiro atoms. The van der Waals surface area contributed by atoms with Crippen LogP contribution in [-0.4, -0.2) is 67.5 Å². The van der Waals surface area contributed by atoms with Crippen molar-refractivity contribution in [3.8, 4) is 11.1 Å². The third-order valence-electron chi connectivity index (χ3n) is 8.82. The number of amides is 2. The number of ether oxygens (including phenoxy) is 1. The molecule has 1 aliphatic rings. The van der Waals surface area contributed by atoms with Gasteiger partial charge in [-0.3, -0.25) is 19.1 Å². The van der Waals surface area contributed by atoms with Crippen LogP contribution in [0.5, 0.6) is 0 Å². The van der Waals surface area contributed by atoms with Gasteiger partial charge in [0.25, 0.3) is 0 Å². The molecule has 0 radical (unpaired) electrons. The zero-order chi connectivity index (χ0) is 35.8. The number of aryl methyl sites for hydroxylation is 1. The van der Waals surface area contributed by atoms with E-state index in [1.54, 1.807) is 37.5 Å². The van der Waals surface area contributed by atoms with Crippen LogP contribution in [0, 0.1) is 12.7 Å². The first-order valence-electron chi connectivity index (χ1n) is 16.8. The standard InChI is InChI=1S/C38H42ClFN6O4/c1-5-7-8-9-10-17-50-32-15-16-45(37(32)38(49)43-20-27-13-11-14-31(39)34(27)40)33(48)23-46-36-26(12-6-2)18-28(29-21-41-25(4)42-22-29)19-30(36)35(44-46)24(3)47/h5-6,11,13-14,18-19,21-22,32,37H,1-2,7-10,12,15-17,20,23H2,3-4H3,(H,43,49)/t32-,37+/m1/s1. The molecule has 2 amide bonds. The normalized spacial score (nSPS) is 15.7. The van der Waals surface area contributed by atoms with Gasteiger partial charge in [-0.1, -0.05) is 42.3 Å². The molecule has 2 aromatic heterocycles. The van der Waals surface area contributed by atoms with Crippen molar-refractivity contribution >= 4 is 40.1 Å². The highest BCUT2D eigenvalue weighted by molar-refractivity contribution is 6.30. The number of nitrogens with zero attached hydrogens (tertiary/aromatic N) is 5. The highest BCUT2D eigenvalue weighted by atomic mass is 35.5. The van der Waals surface area contributed by atoms with Gasteiger partial charge in [0.15, 0.2) is 5.78 Å². The molecule has 1 fully saturated rings. The number of rotatable bonds is 16. The lowest BCUT2D eigenvalue weighted by atomic mass is 9.98. The number of hydrogen-bond donors (Lipinski definition) is 1. The zero-order valence-corrected chi connectivity index (χ0v) is 29.2. The summed E-state index contributed by atoms with van der Waals surface area (Å²) in [6.07, 6.45) is 11.1. The van der Waals surface area contributed by atoms with Gasteiger partial charge in [0.1, 0.15) is 29.9 Å². The number of ketones is 1. The van der Waals surface area contributed by atoms with Gasteiger partial charge < -0.3 is 15.0 Å². The first-order chi connectivity index (χ1) is 24.1. The van der Waals surface area contributed by atoms with Crippen molar-refractivity contribution in [2.75, 3.05) is 13.2 Å². The average molecular weight is 701 g/mol. The van der Waals surface area contributed by atoms with Crippen LogP contribution in [0.25, 0.3) is 22.0 Å². The highest BCUT2D eigenvalue weighted by Crippen LogP contribution is 2.31. The molecule has 0 bridgehead atoms. The zero-order valence-electron chi connectivity index (χ0n) is 28.5. The number of hydrogen-bond acceptors (Lipinski definition) is 7. The monoisotopic (exact) mass is 700 g/mol. The molecule has 0 unspecified atom stereocenters. The van der Waals surface area contributed by atoms with Gasteiger partial charge in [-0.05, 0) is 68.4 Å². The van der Waals surface area contributed by atoms with Crippen LogP contribution in [0.15, 0.2) is 68.0 Å². The maximum atomic E-state index is 14.6. The predicted molar refractivity (Wildman–Crippen MR) is 191 cm³/mol. The predicted octanol–water partition coefficient (Wildman–Crippen LogP) is 6.57. The Morgan fingerprint density at radius 2 is 1.86 bits per heavy atom. The van der Waals surface area contributed by atoms with Gasteiger partial charge in [-0.15, -0.1) is 13.2 Å². The number of allylic oxidation sites excluding steroid dienone is 2. The van der Waals surface area contributed by atoms with E-state index in [0.29, 0.717) is 36.2 Å². The number of benzene rings is 2. The second-order valence-corrected chi connectivity index (χ2v) is 12.8. The number of unbranched alkanes of at least 4 members (excludes halogenated alkanes) is 3. The van der Waals surface area contributed by atoms with Crippen molar-refractivity contribution in [1.29, 1.82) is 0 Å². The number of fused-ring (bicyclic) bond motifs is 1. The van der Waals surface area contributed by atoms with Gasteiger partial charge in [0, 0.05) is 55.5 Å². The van der Waals surface area contributed by atoms with Crippen LogP contribution in [0.1, 0.15) is 66.5 Å². The van der Waals surface area contributed by atoms with E-state index < -0.39 is 23.9 Å². The first kappa shape index (κ1) is 36.5. The minimum atomic E-state index is -0.951. The number of halogens is 2. The molecule has 0 saturated carbocycles. The van der Waals surface area contributed by atoms with E-state index in [1.165, 1.54) is 22.6 Å². The van der Waals surface area contributed by atoms with E-state index in [0.717, 1.165) is 42.4 Å². The number of carbonyl (C=O) groups is 3. The summed E-state index contributed by atoms with van der Waals surface area (Å²) >= 11 is 5.96. The summed E-state index contributed by atoms with van der Waals surface area (Å²) in [5.74, 6) is -1.05. The summed E-state index contributed by atoms with van der Waals surface area (Å²) in [5, 5.41) is 7.97. The van der Waals surface area contributed by atoms with Gasteiger partial charge in [-0.2, -0.15) is 5.10 Å². The number of nitrogens with one attached hydrogen (secondary N) is 1. The van der Waals surface area contributed by atoms with Crippen molar-refractivity contribution in [3.05, 3.63) is 102 Å². The Bertz CT molecular complexity index is 1890. The number of aromatic nitrogens is 4. The lowest BCUT2D eigenvalue weighted by Gasteiger charge is -2.27. The quantitative estimate of drug-likeness (QED) is 0.0798. The van der Waals surface area contributed by atoms with Crippen molar-refractivity contribution in [2.24, 2.45) is 0 Å². The minimum absolute atomic E-state index is 0.0430. The molecule has 12 heteroatoms. The summed E-state index contributed by atoms with van der Waals surface area (Å²) in [4.78, 5) is 50.9. The summed E-state index contributed by atoms with van der Waals surface area (Å²) in [5.41, 5.74) is 3.48. The Hall–Kier alpha value is -4.74. The van der Waals surface area contributed by atoms with Crippen LogP contribution in [0.3, 0.4) is 0 Å². The van der Waals surface area contributed by atoms with E-state index in [1.807, 2.05) is 18.2 Å². The molecular formula is C38H42ClFN6O4. The van der Waals surface area contributed by atoms with Crippen LogP contribution in [0.2, 0.25) is 5.02 Å². The van der Waals surface area contributed by atoms with Crippen molar-refractivity contribution in [3.63, 3.8) is 0 Å². The van der Waals surface area contributed by atoms with E-state index in [9.17, 15) is 18.8 Å². The molecule has 4 aromatic rings. The molecule has 10 nitrogen and oxygen atoms in total. The molecule has 3 heterocycles.